The Morgan fingerprint density at radius 1 is 1.03 bits per heavy atom. The number of amides is 2. The van der Waals surface area contributed by atoms with Gasteiger partial charge in [0.05, 0.1) is 17.2 Å². The van der Waals surface area contributed by atoms with E-state index in [-0.39, 0.29) is 17.9 Å². The average Bonchev–Trinajstić information content (AvgIpc) is 2.74. The zero-order valence-electron chi connectivity index (χ0n) is 17.5. The van der Waals surface area contributed by atoms with E-state index in [0.29, 0.717) is 34.4 Å². The van der Waals surface area contributed by atoms with Crippen molar-refractivity contribution in [2.45, 2.75) is 52.0 Å². The van der Waals surface area contributed by atoms with Crippen LogP contribution < -0.4 is 15.4 Å². The number of carbonyl (C=O) groups excluding carboxylic acids is 2. The molecule has 2 amide bonds. The van der Waals surface area contributed by atoms with E-state index >= 15 is 0 Å². The van der Waals surface area contributed by atoms with Gasteiger partial charge in [0.2, 0.25) is 0 Å². The van der Waals surface area contributed by atoms with Gasteiger partial charge in [0.1, 0.15) is 5.75 Å². The summed E-state index contributed by atoms with van der Waals surface area (Å²) < 4.78 is 5.65. The minimum atomic E-state index is -0.258. The molecule has 6 heteroatoms. The molecule has 0 aliphatic heterocycles. The largest absolute Gasteiger partial charge is 0.493 e. The van der Waals surface area contributed by atoms with Gasteiger partial charge in [-0.05, 0) is 61.2 Å². The fourth-order valence-electron chi connectivity index (χ4n) is 3.46. The fraction of sp³-hybridized carbons (Fsp3) is 0.417. The van der Waals surface area contributed by atoms with Crippen molar-refractivity contribution in [1.82, 2.24) is 5.32 Å². The molecule has 5 nitrogen and oxygen atoms in total. The van der Waals surface area contributed by atoms with Crippen molar-refractivity contribution in [3.05, 3.63) is 58.6 Å². The van der Waals surface area contributed by atoms with E-state index in [1.165, 1.54) is 6.42 Å². The first kappa shape index (κ1) is 22.2. The van der Waals surface area contributed by atoms with E-state index in [1.54, 1.807) is 42.5 Å². The van der Waals surface area contributed by atoms with Crippen molar-refractivity contribution < 1.29 is 14.3 Å². The predicted octanol–water partition coefficient (Wildman–Crippen LogP) is 5.69. The van der Waals surface area contributed by atoms with Gasteiger partial charge in [-0.25, -0.2) is 0 Å². The maximum absolute atomic E-state index is 12.7. The standard InChI is InChI=1S/C24H29ClN2O3/c1-16(2)15-30-20-11-8-17(9-12-20)23(28)27-19-10-13-22(25)21(14-19)24(29)26-18-6-4-3-5-7-18/h8-14,16,18H,3-7,15H2,1-2H3,(H,26,29)(H,27,28). The molecule has 3 rings (SSSR count). The maximum Gasteiger partial charge on any atom is 0.255 e. The first-order valence-electron chi connectivity index (χ1n) is 10.6. The third kappa shape index (κ3) is 6.23. The van der Waals surface area contributed by atoms with Gasteiger partial charge in [0.15, 0.2) is 0 Å². The number of carbonyl (C=O) groups is 2. The summed E-state index contributed by atoms with van der Waals surface area (Å²) in [4.78, 5) is 25.3. The summed E-state index contributed by atoms with van der Waals surface area (Å²) in [6.07, 6.45) is 5.49. The number of halogens is 1. The Hall–Kier alpha value is -2.53. The Morgan fingerprint density at radius 3 is 2.40 bits per heavy atom. The van der Waals surface area contributed by atoms with Gasteiger partial charge in [-0.2, -0.15) is 0 Å². The Kier molecular flexibility index (Phi) is 7.75. The first-order valence-corrected chi connectivity index (χ1v) is 10.9. The Balaban J connectivity index is 1.64. The quantitative estimate of drug-likeness (QED) is 0.595. The van der Waals surface area contributed by atoms with E-state index in [4.69, 9.17) is 16.3 Å². The van der Waals surface area contributed by atoms with Crippen LogP contribution in [0.25, 0.3) is 0 Å². The third-order valence-corrected chi connectivity index (χ3v) is 5.44. The molecule has 2 aromatic rings. The maximum atomic E-state index is 12.7. The van der Waals surface area contributed by atoms with Crippen LogP contribution in [-0.2, 0) is 0 Å². The molecule has 0 spiro atoms. The average molecular weight is 429 g/mol. The number of anilines is 1. The van der Waals surface area contributed by atoms with Crippen LogP contribution in [0.3, 0.4) is 0 Å². The third-order valence-electron chi connectivity index (χ3n) is 5.11. The number of hydrogen-bond acceptors (Lipinski definition) is 3. The van der Waals surface area contributed by atoms with E-state index in [0.717, 1.165) is 31.4 Å². The molecule has 30 heavy (non-hydrogen) atoms. The van der Waals surface area contributed by atoms with E-state index < -0.39 is 0 Å². The van der Waals surface area contributed by atoms with E-state index in [1.807, 2.05) is 0 Å². The molecule has 1 aliphatic rings. The second-order valence-electron chi connectivity index (χ2n) is 8.19. The summed E-state index contributed by atoms with van der Waals surface area (Å²) in [6, 6.07) is 12.1. The molecule has 2 aromatic carbocycles. The summed E-state index contributed by atoms with van der Waals surface area (Å²) >= 11 is 6.24. The van der Waals surface area contributed by atoms with Gasteiger partial charge in [0.25, 0.3) is 11.8 Å². The molecule has 0 heterocycles. The molecular weight excluding hydrogens is 400 g/mol. The molecule has 160 valence electrons. The normalized spacial score (nSPS) is 14.4. The Morgan fingerprint density at radius 2 is 1.73 bits per heavy atom. The van der Waals surface area contributed by atoms with Gasteiger partial charge in [-0.3, -0.25) is 9.59 Å². The topological polar surface area (TPSA) is 67.4 Å². The molecule has 0 bridgehead atoms. The molecule has 1 saturated carbocycles. The number of ether oxygens (including phenoxy) is 1. The fourth-order valence-corrected chi connectivity index (χ4v) is 3.66. The summed E-state index contributed by atoms with van der Waals surface area (Å²) in [6.45, 7) is 4.79. The predicted molar refractivity (Wildman–Crippen MR) is 121 cm³/mol. The van der Waals surface area contributed by atoms with Crippen molar-refractivity contribution >= 4 is 29.1 Å². The Labute approximate surface area is 183 Å². The number of benzene rings is 2. The molecule has 1 aliphatic carbocycles. The molecule has 0 unspecified atom stereocenters. The lowest BCUT2D eigenvalue weighted by Crippen LogP contribution is -2.36. The SMILES string of the molecule is CC(C)COc1ccc(C(=O)Nc2ccc(Cl)c(C(=O)NC3CCCCC3)c2)cc1. The monoisotopic (exact) mass is 428 g/mol. The molecule has 1 fully saturated rings. The zero-order valence-corrected chi connectivity index (χ0v) is 18.3. The van der Waals surface area contributed by atoms with Crippen LogP contribution in [0.15, 0.2) is 42.5 Å². The molecule has 0 saturated heterocycles. The molecular formula is C24H29ClN2O3. The van der Waals surface area contributed by atoms with Crippen LogP contribution >= 0.6 is 11.6 Å². The lowest BCUT2D eigenvalue weighted by atomic mass is 9.95. The second-order valence-corrected chi connectivity index (χ2v) is 8.59. The van der Waals surface area contributed by atoms with E-state index in [9.17, 15) is 9.59 Å². The number of nitrogens with one attached hydrogen (secondary N) is 2. The van der Waals surface area contributed by atoms with Crippen LogP contribution in [0.2, 0.25) is 5.02 Å². The smallest absolute Gasteiger partial charge is 0.255 e. The van der Waals surface area contributed by atoms with Crippen molar-refractivity contribution in [2.24, 2.45) is 5.92 Å². The molecule has 0 atom stereocenters. The van der Waals surface area contributed by atoms with Crippen molar-refractivity contribution in [3.63, 3.8) is 0 Å². The summed E-state index contributed by atoms with van der Waals surface area (Å²) in [5, 5.41) is 6.27. The minimum absolute atomic E-state index is 0.192. The Bertz CT molecular complexity index is 875. The molecule has 0 radical (unpaired) electrons. The van der Waals surface area contributed by atoms with Crippen LogP contribution in [0.4, 0.5) is 5.69 Å². The summed E-state index contributed by atoms with van der Waals surface area (Å²) in [7, 11) is 0. The van der Waals surface area contributed by atoms with Crippen molar-refractivity contribution in [3.8, 4) is 5.75 Å². The highest BCUT2D eigenvalue weighted by Crippen LogP contribution is 2.23. The summed E-state index contributed by atoms with van der Waals surface area (Å²) in [5.74, 6) is 0.705. The minimum Gasteiger partial charge on any atom is -0.493 e. The van der Waals surface area contributed by atoms with Crippen LogP contribution in [0, 0.1) is 5.92 Å². The van der Waals surface area contributed by atoms with Crippen LogP contribution in [0.5, 0.6) is 5.75 Å². The number of hydrogen-bond donors (Lipinski definition) is 2. The van der Waals surface area contributed by atoms with Gasteiger partial charge >= 0.3 is 0 Å². The zero-order chi connectivity index (χ0) is 21.5. The molecule has 0 aromatic heterocycles. The van der Waals surface area contributed by atoms with Gasteiger partial charge in [-0.15, -0.1) is 0 Å². The van der Waals surface area contributed by atoms with Gasteiger partial charge < -0.3 is 15.4 Å². The lowest BCUT2D eigenvalue weighted by Gasteiger charge is -2.23. The highest BCUT2D eigenvalue weighted by atomic mass is 35.5. The lowest BCUT2D eigenvalue weighted by molar-refractivity contribution is 0.0926. The highest BCUT2D eigenvalue weighted by Gasteiger charge is 2.19. The second kappa shape index (κ2) is 10.5. The van der Waals surface area contributed by atoms with Crippen molar-refractivity contribution in [2.75, 3.05) is 11.9 Å². The van der Waals surface area contributed by atoms with E-state index in [2.05, 4.69) is 24.5 Å². The van der Waals surface area contributed by atoms with Crippen LogP contribution in [0.1, 0.15) is 66.7 Å². The van der Waals surface area contributed by atoms with Crippen LogP contribution in [-0.4, -0.2) is 24.5 Å². The number of rotatable bonds is 7. The highest BCUT2D eigenvalue weighted by molar-refractivity contribution is 6.34. The van der Waals surface area contributed by atoms with Gasteiger partial charge in [0, 0.05) is 17.3 Å². The van der Waals surface area contributed by atoms with Gasteiger partial charge in [-0.1, -0.05) is 44.7 Å². The molecule has 2 N–H and O–H groups in total. The van der Waals surface area contributed by atoms with Crippen molar-refractivity contribution in [1.29, 1.82) is 0 Å². The first-order chi connectivity index (χ1) is 14.4. The summed E-state index contributed by atoms with van der Waals surface area (Å²) in [5.41, 5.74) is 1.41.